The highest BCUT2D eigenvalue weighted by molar-refractivity contribution is 6.00. The quantitative estimate of drug-likeness (QED) is 0.0327. The van der Waals surface area contributed by atoms with Crippen molar-refractivity contribution in [2.75, 3.05) is 6.54 Å². The number of carbonyl (C=O) groups is 12. The standard InChI is InChI=1S/C30H46N8O18/c1-12(30(55)56)33-25(50)14(4-2-3-7-31)34-26(51)16(9-21(43)44)36-28(53)18(11-23(47)48)38-29(54)17(10-22(45)46)37-27(52)15(8-20(41)42)35-24(49)13(32)5-6-19(39)40/h12-18H,2-11,31-32H2,1H3,(H,33,50)(H,34,51)(H,35,49)(H,36,53)(H,37,52)(H,38,54)(H,39,40)(H,41,42)(H,43,44)(H,45,46)(H,47,48)(H,55,56)/t12-,13-,14-,15-,16-,17-,18-/m0/s1. The summed E-state index contributed by atoms with van der Waals surface area (Å²) >= 11 is 0. The summed E-state index contributed by atoms with van der Waals surface area (Å²) in [4.78, 5) is 146. The number of carbonyl (C=O) groups excluding carboxylic acids is 6. The summed E-state index contributed by atoms with van der Waals surface area (Å²) < 4.78 is 0. The molecule has 0 aromatic heterocycles. The normalized spacial score (nSPS) is 14.4. The van der Waals surface area contributed by atoms with Gasteiger partial charge < -0.3 is 74.0 Å². The van der Waals surface area contributed by atoms with Crippen LogP contribution in [0.3, 0.4) is 0 Å². The molecule has 0 saturated carbocycles. The van der Waals surface area contributed by atoms with Crippen molar-refractivity contribution in [2.24, 2.45) is 11.5 Å². The minimum absolute atomic E-state index is 0.127. The van der Waals surface area contributed by atoms with E-state index in [0.717, 1.165) is 6.92 Å². The predicted molar refractivity (Wildman–Crippen MR) is 182 cm³/mol. The van der Waals surface area contributed by atoms with Gasteiger partial charge in [-0.3, -0.25) is 57.5 Å². The average molecular weight is 807 g/mol. The van der Waals surface area contributed by atoms with E-state index in [4.69, 9.17) is 21.7 Å². The van der Waals surface area contributed by atoms with E-state index >= 15 is 0 Å². The summed E-state index contributed by atoms with van der Waals surface area (Å²) in [5.41, 5.74) is 11.0. The molecule has 0 bridgehead atoms. The Morgan fingerprint density at radius 3 is 1.07 bits per heavy atom. The topological polar surface area (TPSA) is 450 Å². The lowest BCUT2D eigenvalue weighted by Crippen LogP contribution is -2.60. The summed E-state index contributed by atoms with van der Waals surface area (Å²) in [7, 11) is 0. The van der Waals surface area contributed by atoms with Crippen LogP contribution < -0.4 is 43.4 Å². The Labute approximate surface area is 316 Å². The number of hydrogen-bond donors (Lipinski definition) is 14. The lowest BCUT2D eigenvalue weighted by molar-refractivity contribution is -0.145. The van der Waals surface area contributed by atoms with Gasteiger partial charge in [0.1, 0.15) is 36.3 Å². The number of hydrogen-bond acceptors (Lipinski definition) is 14. The maximum absolute atomic E-state index is 13.3. The number of amides is 6. The molecule has 0 unspecified atom stereocenters. The van der Waals surface area contributed by atoms with Gasteiger partial charge in [0, 0.05) is 6.42 Å². The van der Waals surface area contributed by atoms with E-state index in [1.54, 1.807) is 0 Å². The Kier molecular flexibility index (Phi) is 21.9. The lowest BCUT2D eigenvalue weighted by atomic mass is 10.1. The average Bonchev–Trinajstić information content (AvgIpc) is 3.07. The SMILES string of the molecule is C[C@H](NC(=O)[C@H](CCCCN)NC(=O)[C@H](CC(=O)O)NC(=O)[C@H](CC(=O)O)NC(=O)[C@H](CC(=O)O)NC(=O)[C@H](CC(=O)O)NC(=O)[C@@H](N)CCC(=O)O)C(=O)O. The molecule has 6 amide bonds. The van der Waals surface area contributed by atoms with E-state index in [1.807, 2.05) is 21.3 Å². The molecule has 16 N–H and O–H groups in total. The number of nitrogens with two attached hydrogens (primary N) is 2. The van der Waals surface area contributed by atoms with Crippen LogP contribution in [0, 0.1) is 0 Å². The van der Waals surface area contributed by atoms with Crippen molar-refractivity contribution in [3.05, 3.63) is 0 Å². The number of carboxylic acid groups (broad SMARTS) is 6. The van der Waals surface area contributed by atoms with Gasteiger partial charge in [-0.25, -0.2) is 0 Å². The molecule has 56 heavy (non-hydrogen) atoms. The van der Waals surface area contributed by atoms with Crippen molar-refractivity contribution in [2.45, 2.75) is 107 Å². The van der Waals surface area contributed by atoms with Gasteiger partial charge in [-0.2, -0.15) is 0 Å². The van der Waals surface area contributed by atoms with E-state index in [9.17, 15) is 78.0 Å². The van der Waals surface area contributed by atoms with Crippen LogP contribution in [-0.4, -0.2) is 151 Å². The second-order valence-electron chi connectivity index (χ2n) is 12.1. The molecule has 0 radical (unpaired) electrons. The first kappa shape index (κ1) is 49.6. The molecule has 26 heteroatoms. The molecule has 0 aliphatic heterocycles. The Hall–Kier alpha value is -6.44. The molecule has 26 nitrogen and oxygen atoms in total. The van der Waals surface area contributed by atoms with Gasteiger partial charge in [0.2, 0.25) is 35.4 Å². The van der Waals surface area contributed by atoms with Gasteiger partial charge in [0.15, 0.2) is 0 Å². The fraction of sp³-hybridized carbons (Fsp3) is 0.600. The highest BCUT2D eigenvalue weighted by Crippen LogP contribution is 2.07. The van der Waals surface area contributed by atoms with E-state index in [2.05, 4.69) is 10.6 Å². The Balaban J connectivity index is 6.32. The van der Waals surface area contributed by atoms with Gasteiger partial charge in [0.25, 0.3) is 0 Å². The molecule has 314 valence electrons. The summed E-state index contributed by atoms with van der Waals surface area (Å²) in [5.74, 6) is -17.8. The maximum Gasteiger partial charge on any atom is 0.325 e. The number of nitrogens with one attached hydrogen (secondary N) is 6. The highest BCUT2D eigenvalue weighted by Gasteiger charge is 2.36. The molecule has 0 rings (SSSR count). The molecule has 0 aromatic carbocycles. The van der Waals surface area contributed by atoms with Crippen LogP contribution in [0.4, 0.5) is 0 Å². The van der Waals surface area contributed by atoms with Crippen LogP contribution in [0.1, 0.15) is 64.7 Å². The fourth-order valence-electron chi connectivity index (χ4n) is 4.45. The first-order chi connectivity index (χ1) is 26.0. The number of aliphatic carboxylic acids is 6. The molecule has 0 spiro atoms. The number of unbranched alkanes of at least 4 members (excludes halogenated alkanes) is 1. The number of carboxylic acids is 6. The monoisotopic (exact) mass is 806 g/mol. The van der Waals surface area contributed by atoms with Crippen LogP contribution in [-0.2, 0) is 57.5 Å². The van der Waals surface area contributed by atoms with Gasteiger partial charge >= 0.3 is 35.8 Å². The Morgan fingerprint density at radius 1 is 0.446 bits per heavy atom. The van der Waals surface area contributed by atoms with Crippen molar-refractivity contribution in [1.29, 1.82) is 0 Å². The van der Waals surface area contributed by atoms with Crippen molar-refractivity contribution in [1.82, 2.24) is 31.9 Å². The lowest BCUT2D eigenvalue weighted by Gasteiger charge is -2.26. The van der Waals surface area contributed by atoms with E-state index in [0.29, 0.717) is 6.42 Å². The molecule has 0 heterocycles. The van der Waals surface area contributed by atoms with Crippen molar-refractivity contribution in [3.8, 4) is 0 Å². The maximum atomic E-state index is 13.3. The zero-order valence-electron chi connectivity index (χ0n) is 29.8. The van der Waals surface area contributed by atoms with Crippen molar-refractivity contribution >= 4 is 71.3 Å². The Morgan fingerprint density at radius 2 is 0.768 bits per heavy atom. The largest absolute Gasteiger partial charge is 0.481 e. The van der Waals surface area contributed by atoms with Crippen molar-refractivity contribution < 1.29 is 88.2 Å². The Bertz CT molecular complexity index is 1510. The second kappa shape index (κ2) is 24.8. The number of rotatable bonds is 28. The zero-order chi connectivity index (χ0) is 43.3. The van der Waals surface area contributed by atoms with Crippen LogP contribution >= 0.6 is 0 Å². The van der Waals surface area contributed by atoms with E-state index < -0.39 is 152 Å². The van der Waals surface area contributed by atoms with Gasteiger partial charge in [-0.15, -0.1) is 0 Å². The van der Waals surface area contributed by atoms with Crippen LogP contribution in [0.25, 0.3) is 0 Å². The second-order valence-corrected chi connectivity index (χ2v) is 12.1. The summed E-state index contributed by atoms with van der Waals surface area (Å²) in [6, 6.07) is -12.9. The minimum Gasteiger partial charge on any atom is -0.481 e. The molecule has 0 saturated heterocycles. The van der Waals surface area contributed by atoms with E-state index in [-0.39, 0.29) is 19.4 Å². The molecular formula is C30H46N8O18. The third kappa shape index (κ3) is 20.1. The fourth-order valence-corrected chi connectivity index (χ4v) is 4.45. The third-order valence-corrected chi connectivity index (χ3v) is 7.36. The van der Waals surface area contributed by atoms with Gasteiger partial charge in [-0.1, -0.05) is 0 Å². The molecule has 0 aliphatic carbocycles. The predicted octanol–water partition coefficient (Wildman–Crippen LogP) is -5.78. The summed E-state index contributed by atoms with van der Waals surface area (Å²) in [6.45, 7) is 1.29. The smallest absolute Gasteiger partial charge is 0.325 e. The summed E-state index contributed by atoms with van der Waals surface area (Å²) in [5, 5.41) is 67.2. The summed E-state index contributed by atoms with van der Waals surface area (Å²) in [6.07, 6.45) is -5.48. The van der Waals surface area contributed by atoms with E-state index in [1.165, 1.54) is 0 Å². The zero-order valence-corrected chi connectivity index (χ0v) is 29.8. The van der Waals surface area contributed by atoms with Gasteiger partial charge in [0.05, 0.1) is 31.7 Å². The molecule has 0 fully saturated rings. The third-order valence-electron chi connectivity index (χ3n) is 7.36. The molecule has 0 aromatic rings. The van der Waals surface area contributed by atoms with Gasteiger partial charge in [-0.05, 0) is 39.2 Å². The van der Waals surface area contributed by atoms with Crippen molar-refractivity contribution in [3.63, 3.8) is 0 Å². The van der Waals surface area contributed by atoms with Crippen LogP contribution in [0.2, 0.25) is 0 Å². The van der Waals surface area contributed by atoms with Crippen LogP contribution in [0.5, 0.6) is 0 Å². The first-order valence-corrected chi connectivity index (χ1v) is 16.6. The first-order valence-electron chi connectivity index (χ1n) is 16.6. The molecule has 0 aliphatic rings. The highest BCUT2D eigenvalue weighted by atomic mass is 16.4. The van der Waals surface area contributed by atoms with Crippen LogP contribution in [0.15, 0.2) is 0 Å². The molecular weight excluding hydrogens is 760 g/mol. The minimum atomic E-state index is -2.21. The molecule has 7 atom stereocenters.